The van der Waals surface area contributed by atoms with Crippen molar-refractivity contribution in [2.75, 3.05) is 0 Å². The molecule has 0 fully saturated rings. The standard InChI is InChI=1S/C6H3B/c1-2-3-4-5-6-7/h1H,7H2/i7TD. The molecule has 0 atom stereocenters. The lowest BCUT2D eigenvalue weighted by Crippen LogP contribution is -1.50. The molecule has 0 N–H and O–H groups in total. The summed E-state index contributed by atoms with van der Waals surface area (Å²) in [6.07, 6.45) is 4.76. The van der Waals surface area contributed by atoms with E-state index in [9.17, 15) is 0 Å². The van der Waals surface area contributed by atoms with Crippen molar-refractivity contribution in [3.63, 3.8) is 0 Å². The molecule has 0 amide bonds. The molecule has 0 aromatic carbocycles. The first-order chi connectivity index (χ1) is 4.27. The van der Waals surface area contributed by atoms with E-state index in [1.165, 1.54) is 0 Å². The van der Waals surface area contributed by atoms with Crippen LogP contribution >= 0.6 is 0 Å². The molecular formula is C6H3B. The molecule has 0 rings (SSSR count). The molecule has 0 aliphatic carbocycles. The van der Waals surface area contributed by atoms with Gasteiger partial charge in [-0.2, -0.15) is 5.82 Å². The first kappa shape index (κ1) is 2.84. The summed E-state index contributed by atoms with van der Waals surface area (Å²) in [5.41, 5.74) is 0. The summed E-state index contributed by atoms with van der Waals surface area (Å²) >= 11 is 0. The fourth-order valence-corrected chi connectivity index (χ4v) is 0.103. The quantitative estimate of drug-likeness (QED) is 0.269. The smallest absolute Gasteiger partial charge is 0.151 e. The summed E-state index contributed by atoms with van der Waals surface area (Å²) in [5, 5.41) is 0. The van der Waals surface area contributed by atoms with Crippen LogP contribution in [-0.4, -0.2) is 10.4 Å². The molecule has 0 nitrogen and oxygen atoms in total. The Hall–Kier alpha value is -1.26. The summed E-state index contributed by atoms with van der Waals surface area (Å²) in [6, 6.07) is 0. The minimum atomic E-state index is -1.13. The van der Waals surface area contributed by atoms with Crippen molar-refractivity contribution in [3.8, 4) is 35.9 Å². The lowest BCUT2D eigenvalue weighted by Gasteiger charge is -1.49. The highest BCUT2D eigenvalue weighted by Gasteiger charge is 1.45. The molecule has 0 aromatic rings. The van der Waals surface area contributed by atoms with E-state index < -0.39 is 7.77 Å². The fraction of sp³-hybridized carbons (Fsp3) is 0. The zero-order valence-electron chi connectivity index (χ0n) is 5.65. The maximum absolute atomic E-state index is 6.59. The van der Waals surface area contributed by atoms with Crippen LogP contribution in [0, 0.1) is 35.9 Å². The third-order valence-electron chi connectivity index (χ3n) is 0.269. The minimum absolute atomic E-state index is 1.13. The molecule has 0 saturated carbocycles. The Kier molecular flexibility index (Phi) is 1.93. The van der Waals surface area contributed by atoms with E-state index in [4.69, 9.17) is 9.09 Å². The van der Waals surface area contributed by atoms with E-state index in [-0.39, 0.29) is 0 Å². The number of hydrogen-bond acceptors (Lipinski definition) is 0. The van der Waals surface area contributed by atoms with Gasteiger partial charge in [0.05, 0.1) is 0 Å². The van der Waals surface area contributed by atoms with Crippen LogP contribution in [0.5, 0.6) is 0 Å². The van der Waals surface area contributed by atoms with Gasteiger partial charge in [0.15, 0.2) is 7.77 Å². The van der Waals surface area contributed by atoms with Crippen molar-refractivity contribution in [2.24, 2.45) is 0 Å². The maximum atomic E-state index is 6.59. The van der Waals surface area contributed by atoms with Crippen LogP contribution in [-0.2, 0) is 0 Å². The van der Waals surface area contributed by atoms with E-state index in [1.807, 2.05) is 0 Å². The molecule has 0 unspecified atom stereocenters. The summed E-state index contributed by atoms with van der Waals surface area (Å²) in [5.74, 6) is 11.0. The Bertz CT molecular complexity index is 228. The number of hydrogen-bond donors (Lipinski definition) is 0. The van der Waals surface area contributed by atoms with Crippen molar-refractivity contribution >= 4 is 7.77 Å². The van der Waals surface area contributed by atoms with Crippen molar-refractivity contribution < 1.29 is 0 Å². The first-order valence-electron chi connectivity index (χ1n) is 2.73. The van der Waals surface area contributed by atoms with E-state index in [0.29, 0.717) is 0 Å². The van der Waals surface area contributed by atoms with Crippen molar-refractivity contribution in [2.45, 2.75) is 0 Å². The Labute approximate surface area is 47.4 Å². The largest absolute Gasteiger partial charge is 0.196 e. The SMILES string of the molecule is [2H]B([3H])C#CC#CC#C. The van der Waals surface area contributed by atoms with Gasteiger partial charge in [0.25, 0.3) is 0 Å². The third kappa shape index (κ3) is 4.74. The second-order valence-corrected chi connectivity index (χ2v) is 0.664. The van der Waals surface area contributed by atoms with Gasteiger partial charge < -0.3 is 0 Å². The number of rotatable bonds is 0. The molecule has 1 heteroatoms. The third-order valence-corrected chi connectivity index (χ3v) is 0.269. The topological polar surface area (TPSA) is 0 Å². The zero-order valence-corrected chi connectivity index (χ0v) is 3.65. The van der Waals surface area contributed by atoms with Crippen molar-refractivity contribution in [1.29, 1.82) is 2.67 Å². The van der Waals surface area contributed by atoms with E-state index in [0.717, 1.165) is 0 Å². The van der Waals surface area contributed by atoms with Crippen LogP contribution < -0.4 is 0 Å². The van der Waals surface area contributed by atoms with Crippen LogP contribution in [0.15, 0.2) is 0 Å². The first-order valence-corrected chi connectivity index (χ1v) is 1.58. The molecule has 30 valence electrons. The summed E-state index contributed by atoms with van der Waals surface area (Å²) < 4.78 is 13.2. The molecule has 0 aromatic heterocycles. The van der Waals surface area contributed by atoms with Gasteiger partial charge in [-0.3, -0.25) is 0 Å². The van der Waals surface area contributed by atoms with Crippen LogP contribution in [0.3, 0.4) is 0 Å². The van der Waals surface area contributed by atoms with Crippen LogP contribution in [0.25, 0.3) is 0 Å². The highest BCUT2D eigenvalue weighted by molar-refractivity contribution is 6.22. The van der Waals surface area contributed by atoms with Crippen LogP contribution in [0.4, 0.5) is 0 Å². The number of terminal acetylenes is 1. The van der Waals surface area contributed by atoms with Crippen LogP contribution in [0.1, 0.15) is 0 Å². The normalized spacial score (nSPS) is 6.71. The van der Waals surface area contributed by atoms with E-state index in [2.05, 4.69) is 29.5 Å². The van der Waals surface area contributed by atoms with Gasteiger partial charge in [0, 0.05) is 0 Å². The van der Waals surface area contributed by atoms with Crippen LogP contribution in [0.2, 0.25) is 0 Å². The summed E-state index contributed by atoms with van der Waals surface area (Å²) in [6.45, 7) is 0. The molecule has 0 heterocycles. The monoisotopic (exact) mass is 89.0 g/mol. The van der Waals surface area contributed by atoms with E-state index in [1.54, 1.807) is 0 Å². The lowest BCUT2D eigenvalue weighted by molar-refractivity contribution is 2.46. The van der Waals surface area contributed by atoms with E-state index >= 15 is 0 Å². The van der Waals surface area contributed by atoms with Gasteiger partial charge in [-0.25, -0.2) is 0 Å². The highest BCUT2D eigenvalue weighted by Crippen LogP contribution is 1.46. The van der Waals surface area contributed by atoms with Gasteiger partial charge in [0.1, 0.15) is 0 Å². The minimum Gasteiger partial charge on any atom is -0.151 e. The molecular weight excluding hydrogens is 82.9 g/mol. The Morgan fingerprint density at radius 2 is 2.57 bits per heavy atom. The predicted molar refractivity (Wildman–Crippen MR) is 32.9 cm³/mol. The van der Waals surface area contributed by atoms with Crippen molar-refractivity contribution in [3.05, 3.63) is 0 Å². The zero-order chi connectivity index (χ0) is 7.11. The molecule has 7 heavy (non-hydrogen) atoms. The predicted octanol–water partition coefficient (Wildman–Crippen LogP) is -0.783. The fourth-order valence-electron chi connectivity index (χ4n) is 0.103. The average Bonchev–Trinajstić information content (AvgIpc) is 1.80. The molecule has 0 radical (unpaired) electrons. The lowest BCUT2D eigenvalue weighted by atomic mass is 10.2. The average molecular weight is 88.9 g/mol. The van der Waals surface area contributed by atoms with Crippen molar-refractivity contribution in [1.82, 2.24) is 0 Å². The molecule has 0 aliphatic rings. The highest BCUT2D eigenvalue weighted by atomic mass is 13.5. The second kappa shape index (κ2) is 4.74. The molecule has 0 bridgehead atoms. The molecule has 0 aliphatic heterocycles. The Morgan fingerprint density at radius 3 is 3.14 bits per heavy atom. The van der Waals surface area contributed by atoms with Gasteiger partial charge in [-0.1, -0.05) is 0 Å². The Morgan fingerprint density at radius 1 is 1.71 bits per heavy atom. The summed E-state index contributed by atoms with van der Waals surface area (Å²) in [7, 11) is -1.13. The summed E-state index contributed by atoms with van der Waals surface area (Å²) in [4.78, 5) is 0. The Balaban J connectivity index is 3.79. The van der Waals surface area contributed by atoms with Gasteiger partial charge >= 0.3 is 0 Å². The maximum Gasteiger partial charge on any atom is 0.196 e. The second-order valence-electron chi connectivity index (χ2n) is 0.664. The van der Waals surface area contributed by atoms with Gasteiger partial charge in [0.2, 0.25) is 0 Å². The van der Waals surface area contributed by atoms with Gasteiger partial charge in [-0.15, -0.1) is 6.42 Å². The van der Waals surface area contributed by atoms with Gasteiger partial charge in [-0.05, 0) is 26.4 Å². The molecule has 0 saturated heterocycles. The molecule has 0 spiro atoms.